The third-order valence-corrected chi connectivity index (χ3v) is 6.72. The van der Waals surface area contributed by atoms with E-state index >= 15 is 0 Å². The van der Waals surface area contributed by atoms with Crippen LogP contribution in [0.15, 0.2) is 43.0 Å². The van der Waals surface area contributed by atoms with Crippen molar-refractivity contribution in [3.8, 4) is 0 Å². The molecule has 0 aliphatic carbocycles. The molecule has 3 aromatic rings. The quantitative estimate of drug-likeness (QED) is 0.348. The molecule has 4 N–H and O–H groups in total. The molecule has 2 fully saturated rings. The number of imidazole rings is 1. The van der Waals surface area contributed by atoms with Gasteiger partial charge in [-0.1, -0.05) is 30.3 Å². The SMILES string of the molecule is O=P(O)(O)COC[C@H]1O[C@@H](n2cnc3c(N4CCCC4c4ccccc4)ncnc32)[C@H](O)[C@@H]1O. The number of ether oxygens (including phenoxy) is 2. The second kappa shape index (κ2) is 9.31. The lowest BCUT2D eigenvalue weighted by atomic mass is 10.0. The molecule has 182 valence electrons. The van der Waals surface area contributed by atoms with E-state index in [1.165, 1.54) is 22.8 Å². The Morgan fingerprint density at radius 1 is 1.12 bits per heavy atom. The smallest absolute Gasteiger partial charge is 0.350 e. The Morgan fingerprint density at radius 3 is 2.68 bits per heavy atom. The summed E-state index contributed by atoms with van der Waals surface area (Å²) in [6.07, 6.45) is -0.499. The largest absolute Gasteiger partial charge is 0.387 e. The monoisotopic (exact) mass is 491 g/mol. The summed E-state index contributed by atoms with van der Waals surface area (Å²) in [6.45, 7) is 0.526. The van der Waals surface area contributed by atoms with E-state index in [9.17, 15) is 14.8 Å². The van der Waals surface area contributed by atoms with Crippen LogP contribution in [-0.4, -0.2) is 77.3 Å². The Kier molecular flexibility index (Phi) is 6.38. The molecule has 0 amide bonds. The molecule has 2 aliphatic heterocycles. The van der Waals surface area contributed by atoms with Gasteiger partial charge < -0.3 is 34.4 Å². The number of hydrogen-bond acceptors (Lipinski definition) is 9. The summed E-state index contributed by atoms with van der Waals surface area (Å²) < 4.78 is 23.3. The fourth-order valence-electron chi connectivity index (χ4n) is 4.66. The fourth-order valence-corrected chi connectivity index (χ4v) is 5.01. The van der Waals surface area contributed by atoms with Gasteiger partial charge in [-0.05, 0) is 18.4 Å². The highest BCUT2D eigenvalue weighted by atomic mass is 31.2. The van der Waals surface area contributed by atoms with Gasteiger partial charge in [0.1, 0.15) is 31.0 Å². The number of anilines is 1. The molecule has 5 atom stereocenters. The molecule has 13 heteroatoms. The Hall–Kier alpha value is -2.44. The van der Waals surface area contributed by atoms with Crippen LogP contribution in [0.25, 0.3) is 11.2 Å². The highest BCUT2D eigenvalue weighted by Gasteiger charge is 2.44. The summed E-state index contributed by atoms with van der Waals surface area (Å²) in [7, 11) is -4.36. The zero-order valence-electron chi connectivity index (χ0n) is 18.2. The molecule has 2 saturated heterocycles. The van der Waals surface area contributed by atoms with Crippen LogP contribution < -0.4 is 4.90 Å². The number of aliphatic hydroxyl groups is 2. The topological polar surface area (TPSA) is 163 Å². The van der Waals surface area contributed by atoms with Crippen molar-refractivity contribution < 1.29 is 34.0 Å². The summed E-state index contributed by atoms with van der Waals surface area (Å²) in [5, 5.41) is 21.0. The van der Waals surface area contributed by atoms with Gasteiger partial charge in [-0.2, -0.15) is 0 Å². The van der Waals surface area contributed by atoms with Crippen LogP contribution in [0.5, 0.6) is 0 Å². The molecule has 0 bridgehead atoms. The molecule has 1 aromatic carbocycles. The van der Waals surface area contributed by atoms with Gasteiger partial charge in [0.2, 0.25) is 0 Å². The average molecular weight is 491 g/mol. The first kappa shape index (κ1) is 23.3. The van der Waals surface area contributed by atoms with Crippen LogP contribution >= 0.6 is 7.60 Å². The second-order valence-corrected chi connectivity index (χ2v) is 10.1. The predicted molar refractivity (Wildman–Crippen MR) is 120 cm³/mol. The lowest BCUT2D eigenvalue weighted by Gasteiger charge is -2.26. The van der Waals surface area contributed by atoms with Crippen LogP contribution in [0.2, 0.25) is 0 Å². The average Bonchev–Trinajstić information content (AvgIpc) is 3.53. The van der Waals surface area contributed by atoms with Crippen molar-refractivity contribution in [1.29, 1.82) is 0 Å². The normalized spacial score (nSPS) is 27.6. The van der Waals surface area contributed by atoms with Crippen molar-refractivity contribution in [2.75, 3.05) is 24.4 Å². The van der Waals surface area contributed by atoms with Gasteiger partial charge in [-0.3, -0.25) is 9.13 Å². The Bertz CT molecular complexity index is 1190. The molecule has 0 radical (unpaired) electrons. The van der Waals surface area contributed by atoms with Crippen LogP contribution in [0.3, 0.4) is 0 Å². The van der Waals surface area contributed by atoms with Crippen molar-refractivity contribution in [2.45, 2.75) is 43.4 Å². The number of aliphatic hydroxyl groups excluding tert-OH is 2. The molecule has 1 unspecified atom stereocenters. The third kappa shape index (κ3) is 4.46. The van der Waals surface area contributed by atoms with Gasteiger partial charge in [-0.25, -0.2) is 15.0 Å². The Labute approximate surface area is 195 Å². The van der Waals surface area contributed by atoms with Gasteiger partial charge in [0, 0.05) is 6.54 Å². The number of fused-ring (bicyclic) bond motifs is 1. The highest BCUT2D eigenvalue weighted by molar-refractivity contribution is 7.51. The van der Waals surface area contributed by atoms with Crippen LogP contribution in [0.1, 0.15) is 30.7 Å². The van der Waals surface area contributed by atoms with Crippen LogP contribution in [-0.2, 0) is 14.0 Å². The lowest BCUT2D eigenvalue weighted by Crippen LogP contribution is -2.33. The van der Waals surface area contributed by atoms with E-state index in [2.05, 4.69) is 32.0 Å². The first-order valence-electron chi connectivity index (χ1n) is 11.0. The molecular formula is C21H26N5O7P. The molecular weight excluding hydrogens is 465 g/mol. The predicted octanol–water partition coefficient (Wildman–Crippen LogP) is 0.939. The number of hydrogen-bond donors (Lipinski definition) is 4. The van der Waals surface area contributed by atoms with Crippen molar-refractivity contribution in [3.63, 3.8) is 0 Å². The van der Waals surface area contributed by atoms with Gasteiger partial charge in [0.05, 0.1) is 19.0 Å². The minimum Gasteiger partial charge on any atom is -0.387 e. The zero-order valence-corrected chi connectivity index (χ0v) is 19.1. The molecule has 2 aliphatic rings. The second-order valence-electron chi connectivity index (χ2n) is 8.49. The summed E-state index contributed by atoms with van der Waals surface area (Å²) >= 11 is 0. The molecule has 12 nitrogen and oxygen atoms in total. The van der Waals surface area contributed by atoms with Crippen molar-refractivity contribution >= 4 is 24.6 Å². The molecule has 0 spiro atoms. The van der Waals surface area contributed by atoms with Crippen LogP contribution in [0, 0.1) is 0 Å². The van der Waals surface area contributed by atoms with E-state index < -0.39 is 38.5 Å². The van der Waals surface area contributed by atoms with E-state index in [0.717, 1.165) is 19.4 Å². The molecule has 34 heavy (non-hydrogen) atoms. The number of rotatable bonds is 7. The summed E-state index contributed by atoms with van der Waals surface area (Å²) in [6, 6.07) is 10.4. The maximum atomic E-state index is 11.0. The van der Waals surface area contributed by atoms with Crippen LogP contribution in [0.4, 0.5) is 5.82 Å². The molecule has 2 aromatic heterocycles. The van der Waals surface area contributed by atoms with E-state index in [4.69, 9.17) is 19.3 Å². The fraction of sp³-hybridized carbons (Fsp3) is 0.476. The number of aromatic nitrogens is 4. The Balaban J connectivity index is 1.40. The standard InChI is InChI=1S/C21H26N5O7P/c27-17-15(9-32-12-34(29,30)31)33-21(18(17)28)26-11-24-16-19(22-10-23-20(16)26)25-8-4-7-14(25)13-5-2-1-3-6-13/h1-3,5-6,10-11,14-15,17-18,21,27-28H,4,7-9,12H2,(H2,29,30,31)/t14?,15-,17-,18-,21-/m1/s1. The molecule has 4 heterocycles. The summed E-state index contributed by atoms with van der Waals surface area (Å²) in [5.74, 6) is 0.685. The third-order valence-electron chi connectivity index (χ3n) is 6.20. The molecule has 5 rings (SSSR count). The van der Waals surface area contributed by atoms with Gasteiger partial charge in [0.25, 0.3) is 0 Å². The molecule has 0 saturated carbocycles. The van der Waals surface area contributed by atoms with E-state index in [1.807, 2.05) is 18.2 Å². The van der Waals surface area contributed by atoms with Gasteiger partial charge in [0.15, 0.2) is 23.2 Å². The Morgan fingerprint density at radius 2 is 1.91 bits per heavy atom. The van der Waals surface area contributed by atoms with E-state index in [-0.39, 0.29) is 12.6 Å². The summed E-state index contributed by atoms with van der Waals surface area (Å²) in [5.41, 5.74) is 2.19. The van der Waals surface area contributed by atoms with Gasteiger partial charge in [-0.15, -0.1) is 0 Å². The van der Waals surface area contributed by atoms with Gasteiger partial charge >= 0.3 is 7.60 Å². The first-order chi connectivity index (χ1) is 16.3. The lowest BCUT2D eigenvalue weighted by molar-refractivity contribution is -0.0612. The van der Waals surface area contributed by atoms with E-state index in [0.29, 0.717) is 17.0 Å². The van der Waals surface area contributed by atoms with Crippen molar-refractivity contribution in [3.05, 3.63) is 48.5 Å². The van der Waals surface area contributed by atoms with Crippen molar-refractivity contribution in [1.82, 2.24) is 19.5 Å². The maximum Gasteiger partial charge on any atom is 0.350 e. The number of benzene rings is 1. The minimum atomic E-state index is -4.36. The summed E-state index contributed by atoms with van der Waals surface area (Å²) in [4.78, 5) is 33.4. The highest BCUT2D eigenvalue weighted by Crippen LogP contribution is 2.39. The maximum absolute atomic E-state index is 11.0. The zero-order chi connectivity index (χ0) is 23.9. The van der Waals surface area contributed by atoms with Crippen molar-refractivity contribution in [2.24, 2.45) is 0 Å². The van der Waals surface area contributed by atoms with E-state index in [1.54, 1.807) is 0 Å². The first-order valence-corrected chi connectivity index (χ1v) is 12.8. The number of nitrogens with zero attached hydrogens (tertiary/aromatic N) is 5. The minimum absolute atomic E-state index is 0.162.